The van der Waals surface area contributed by atoms with Crippen LogP contribution in [0.3, 0.4) is 0 Å². The normalized spacial score (nSPS) is 16.2. The van der Waals surface area contributed by atoms with Gasteiger partial charge in [-0.25, -0.2) is 4.98 Å². The molecule has 0 bridgehead atoms. The van der Waals surface area contributed by atoms with Crippen LogP contribution in [-0.2, 0) is 33.2 Å². The van der Waals surface area contributed by atoms with E-state index in [-0.39, 0.29) is 21.2 Å². The molecule has 7 nitrogen and oxygen atoms in total. The van der Waals surface area contributed by atoms with E-state index in [1.165, 1.54) is 0 Å². The van der Waals surface area contributed by atoms with Crippen LogP contribution in [0.5, 0.6) is 11.5 Å². The van der Waals surface area contributed by atoms with Crippen LogP contribution in [0.2, 0.25) is 0 Å². The number of ether oxygens (including phenoxy) is 1. The maximum atomic E-state index is 11.9. The maximum absolute atomic E-state index is 11.9. The number of nitrogens with zero attached hydrogens (tertiary/aromatic N) is 1. The number of phenols is 1. The van der Waals surface area contributed by atoms with Gasteiger partial charge in [-0.15, -0.1) is 11.8 Å². The zero-order chi connectivity index (χ0) is 31.0. The van der Waals surface area contributed by atoms with Crippen molar-refractivity contribution in [3.8, 4) is 11.5 Å². The summed E-state index contributed by atoms with van der Waals surface area (Å²) in [5.41, 5.74) is 3.27. The van der Waals surface area contributed by atoms with Gasteiger partial charge in [0.15, 0.2) is 0 Å². The molecule has 2 N–H and O–H groups in total. The lowest BCUT2D eigenvalue weighted by molar-refractivity contribution is -0.112. The molecule has 0 radical (unpaired) electrons. The van der Waals surface area contributed by atoms with Crippen molar-refractivity contribution < 1.29 is 23.8 Å². The van der Waals surface area contributed by atoms with E-state index in [1.807, 2.05) is 31.2 Å². The standard InChI is InChI=1S/C33H42N2O5S2/c1-19-25(14-15-39-21-12-10-20(11-13-21)16-26-28(37)41-30(38)35-26)34-29(40-19)33(8,9)42-22-17-23(31(2,3)4)27(36)24(18-22)32(5,6)7/h10-13,17-18,26,36H,14-16H2,1-9H3,(H,35,38). The van der Waals surface area contributed by atoms with E-state index in [2.05, 4.69) is 72.8 Å². The van der Waals surface area contributed by atoms with Gasteiger partial charge >= 0.3 is 0 Å². The first-order chi connectivity index (χ1) is 19.4. The molecule has 2 heterocycles. The number of carbonyl (C=O) groups is 2. The topological polar surface area (TPSA) is 102 Å². The number of benzene rings is 2. The number of hydrogen-bond donors (Lipinski definition) is 2. The maximum Gasteiger partial charge on any atom is 0.287 e. The van der Waals surface area contributed by atoms with Gasteiger partial charge in [-0.05, 0) is 61.4 Å². The molecule has 42 heavy (non-hydrogen) atoms. The lowest BCUT2D eigenvalue weighted by Gasteiger charge is -2.29. The second-order valence-electron chi connectivity index (χ2n) is 13.4. The Morgan fingerprint density at radius 2 is 1.60 bits per heavy atom. The van der Waals surface area contributed by atoms with Gasteiger partial charge in [0.2, 0.25) is 11.0 Å². The van der Waals surface area contributed by atoms with E-state index in [1.54, 1.807) is 11.8 Å². The Bertz CT molecular complexity index is 1430. The molecule has 0 spiro atoms. The highest BCUT2D eigenvalue weighted by molar-refractivity contribution is 8.26. The largest absolute Gasteiger partial charge is 0.507 e. The molecular formula is C33H42N2O5S2. The number of aromatic hydroxyl groups is 1. The van der Waals surface area contributed by atoms with E-state index in [0.717, 1.165) is 50.6 Å². The predicted molar refractivity (Wildman–Crippen MR) is 170 cm³/mol. The first kappa shape index (κ1) is 32.0. The molecule has 1 unspecified atom stereocenters. The van der Waals surface area contributed by atoms with Crippen LogP contribution in [-0.4, -0.2) is 33.1 Å². The van der Waals surface area contributed by atoms with Crippen molar-refractivity contribution in [3.63, 3.8) is 0 Å². The number of thioether (sulfide) groups is 2. The van der Waals surface area contributed by atoms with Crippen molar-refractivity contribution in [1.82, 2.24) is 10.3 Å². The molecule has 4 rings (SSSR count). The number of amides is 1. The summed E-state index contributed by atoms with van der Waals surface area (Å²) in [6, 6.07) is 11.3. The molecule has 1 saturated heterocycles. The Hall–Kier alpha value is -2.91. The molecule has 1 aromatic heterocycles. The molecule has 0 saturated carbocycles. The monoisotopic (exact) mass is 610 g/mol. The molecule has 1 amide bonds. The van der Waals surface area contributed by atoms with Gasteiger partial charge in [-0.2, -0.15) is 0 Å². The predicted octanol–water partition coefficient (Wildman–Crippen LogP) is 7.83. The number of phenolic OH excluding ortho intramolecular Hbond substituents is 1. The number of rotatable bonds is 9. The molecule has 1 aliphatic heterocycles. The Balaban J connectivity index is 1.41. The Morgan fingerprint density at radius 3 is 2.12 bits per heavy atom. The Kier molecular flexibility index (Phi) is 9.14. The van der Waals surface area contributed by atoms with Gasteiger partial charge in [0, 0.05) is 40.6 Å². The van der Waals surface area contributed by atoms with Gasteiger partial charge in [0.05, 0.1) is 17.0 Å². The quantitative estimate of drug-likeness (QED) is 0.237. The van der Waals surface area contributed by atoms with Crippen molar-refractivity contribution in [3.05, 3.63) is 70.4 Å². The number of aryl methyl sites for hydroxylation is 1. The van der Waals surface area contributed by atoms with Crippen LogP contribution >= 0.6 is 23.5 Å². The molecule has 226 valence electrons. The van der Waals surface area contributed by atoms with Crippen LogP contribution in [0, 0.1) is 6.92 Å². The minimum Gasteiger partial charge on any atom is -0.507 e. The highest BCUT2D eigenvalue weighted by atomic mass is 32.2. The Labute approximate surface area is 257 Å². The summed E-state index contributed by atoms with van der Waals surface area (Å²) in [6.45, 7) is 19.3. The average Bonchev–Trinajstić information content (AvgIpc) is 3.40. The van der Waals surface area contributed by atoms with Crippen LogP contribution in [0.15, 0.2) is 45.7 Å². The van der Waals surface area contributed by atoms with E-state index in [0.29, 0.717) is 31.1 Å². The van der Waals surface area contributed by atoms with Gasteiger partial charge in [0.1, 0.15) is 23.3 Å². The summed E-state index contributed by atoms with van der Waals surface area (Å²) in [4.78, 5) is 29.2. The van der Waals surface area contributed by atoms with Crippen molar-refractivity contribution in [2.75, 3.05) is 6.61 Å². The number of aromatic nitrogens is 1. The molecular weight excluding hydrogens is 569 g/mol. The fourth-order valence-corrected chi connectivity index (χ4v) is 6.60. The Morgan fingerprint density at radius 1 is 1.00 bits per heavy atom. The molecule has 0 aliphatic carbocycles. The highest BCUT2D eigenvalue weighted by Gasteiger charge is 2.33. The second kappa shape index (κ2) is 12.0. The van der Waals surface area contributed by atoms with E-state index in [9.17, 15) is 14.7 Å². The number of hydrogen-bond acceptors (Lipinski definition) is 8. The fourth-order valence-electron chi connectivity index (χ4n) is 4.82. The zero-order valence-corrected chi connectivity index (χ0v) is 27.6. The molecule has 9 heteroatoms. The van der Waals surface area contributed by atoms with Crippen molar-refractivity contribution >= 4 is 33.9 Å². The zero-order valence-electron chi connectivity index (χ0n) is 26.0. The lowest BCUT2D eigenvalue weighted by Crippen LogP contribution is -2.30. The van der Waals surface area contributed by atoms with Crippen molar-refractivity contribution in [2.24, 2.45) is 0 Å². The fraction of sp³-hybridized carbons (Fsp3) is 0.485. The number of carbonyl (C=O) groups excluding carboxylic acids is 2. The molecule has 3 aromatic rings. The van der Waals surface area contributed by atoms with Gasteiger partial charge in [-0.1, -0.05) is 53.7 Å². The van der Waals surface area contributed by atoms with Crippen LogP contribution < -0.4 is 10.1 Å². The SMILES string of the molecule is Cc1oc(C(C)(C)Sc2cc(C(C)(C)C)c(O)c(C(C)(C)C)c2)nc1CCOc1ccc(CC2NC(=O)SC2=O)cc1. The molecule has 1 fully saturated rings. The minimum absolute atomic E-state index is 0.142. The minimum atomic E-state index is -0.476. The van der Waals surface area contributed by atoms with Gasteiger partial charge in [-0.3, -0.25) is 9.59 Å². The highest BCUT2D eigenvalue weighted by Crippen LogP contribution is 2.46. The third-order valence-corrected chi connectivity index (χ3v) is 9.17. The van der Waals surface area contributed by atoms with Gasteiger partial charge < -0.3 is 19.6 Å². The summed E-state index contributed by atoms with van der Waals surface area (Å²) in [5.74, 6) is 2.52. The first-order valence-electron chi connectivity index (χ1n) is 14.2. The molecule has 1 aliphatic rings. The second-order valence-corrected chi connectivity index (χ2v) is 16.0. The summed E-state index contributed by atoms with van der Waals surface area (Å²) in [5, 5.41) is 13.4. The molecule has 1 atom stereocenters. The van der Waals surface area contributed by atoms with E-state index < -0.39 is 10.8 Å². The lowest BCUT2D eigenvalue weighted by atomic mass is 9.79. The van der Waals surface area contributed by atoms with Crippen LogP contribution in [0.4, 0.5) is 4.79 Å². The average molecular weight is 611 g/mol. The van der Waals surface area contributed by atoms with Gasteiger partial charge in [0.25, 0.3) is 5.24 Å². The summed E-state index contributed by atoms with van der Waals surface area (Å²) in [6.07, 6.45) is 1.06. The number of oxazole rings is 1. The summed E-state index contributed by atoms with van der Waals surface area (Å²) in [7, 11) is 0. The van der Waals surface area contributed by atoms with Crippen LogP contribution in [0.1, 0.15) is 89.4 Å². The van der Waals surface area contributed by atoms with Crippen molar-refractivity contribution in [1.29, 1.82) is 0 Å². The van der Waals surface area contributed by atoms with Crippen LogP contribution in [0.25, 0.3) is 0 Å². The molecule has 2 aromatic carbocycles. The number of nitrogens with one attached hydrogen (secondary N) is 1. The van der Waals surface area contributed by atoms with E-state index in [4.69, 9.17) is 14.1 Å². The van der Waals surface area contributed by atoms with Crippen molar-refractivity contribution in [2.45, 2.75) is 102 Å². The first-order valence-corrected chi connectivity index (χ1v) is 15.8. The summed E-state index contributed by atoms with van der Waals surface area (Å²) >= 11 is 2.41. The third-order valence-electron chi connectivity index (χ3n) is 7.22. The van der Waals surface area contributed by atoms with E-state index >= 15 is 0 Å². The summed E-state index contributed by atoms with van der Waals surface area (Å²) < 4.78 is 11.7. The smallest absolute Gasteiger partial charge is 0.287 e. The third kappa shape index (κ3) is 7.53.